The SMILES string of the molecule is CC(C)(N)C1=CCc2c(F)cccc21. The molecule has 1 nitrogen and oxygen atoms in total. The Kier molecular flexibility index (Phi) is 1.96. The van der Waals surface area contributed by atoms with E-state index in [0.29, 0.717) is 6.42 Å². The first-order valence-electron chi connectivity index (χ1n) is 4.77. The second-order valence-electron chi connectivity index (χ2n) is 4.31. The number of fused-ring (bicyclic) bond motifs is 1. The fourth-order valence-corrected chi connectivity index (χ4v) is 1.94. The first kappa shape index (κ1) is 9.41. The van der Waals surface area contributed by atoms with Crippen molar-refractivity contribution in [2.24, 2.45) is 5.73 Å². The van der Waals surface area contributed by atoms with Gasteiger partial charge in [0.05, 0.1) is 0 Å². The summed E-state index contributed by atoms with van der Waals surface area (Å²) >= 11 is 0. The van der Waals surface area contributed by atoms with Crippen LogP contribution in [0.4, 0.5) is 4.39 Å². The Morgan fingerprint density at radius 1 is 1.36 bits per heavy atom. The highest BCUT2D eigenvalue weighted by atomic mass is 19.1. The molecule has 0 heterocycles. The first-order chi connectivity index (χ1) is 6.50. The molecule has 2 rings (SSSR count). The molecule has 0 amide bonds. The summed E-state index contributed by atoms with van der Waals surface area (Å²) in [5.74, 6) is -0.127. The third-order valence-corrected chi connectivity index (χ3v) is 2.61. The van der Waals surface area contributed by atoms with E-state index in [4.69, 9.17) is 5.73 Å². The van der Waals surface area contributed by atoms with Gasteiger partial charge in [-0.15, -0.1) is 0 Å². The van der Waals surface area contributed by atoms with Crippen LogP contribution in [-0.4, -0.2) is 5.54 Å². The molecule has 1 aliphatic carbocycles. The lowest BCUT2D eigenvalue weighted by Crippen LogP contribution is -2.32. The lowest BCUT2D eigenvalue weighted by molar-refractivity contribution is 0.615. The van der Waals surface area contributed by atoms with Crippen molar-refractivity contribution < 1.29 is 4.39 Å². The maximum absolute atomic E-state index is 13.4. The highest BCUT2D eigenvalue weighted by molar-refractivity contribution is 5.78. The molecule has 0 unspecified atom stereocenters. The molecular formula is C12H14FN. The van der Waals surface area contributed by atoms with Crippen LogP contribution in [0.1, 0.15) is 25.0 Å². The van der Waals surface area contributed by atoms with Gasteiger partial charge in [-0.1, -0.05) is 18.2 Å². The molecule has 1 aliphatic rings. The van der Waals surface area contributed by atoms with Crippen LogP contribution < -0.4 is 5.73 Å². The maximum Gasteiger partial charge on any atom is 0.127 e. The highest BCUT2D eigenvalue weighted by Gasteiger charge is 2.26. The van der Waals surface area contributed by atoms with Crippen molar-refractivity contribution >= 4 is 5.57 Å². The molecule has 14 heavy (non-hydrogen) atoms. The van der Waals surface area contributed by atoms with Gasteiger partial charge < -0.3 is 5.73 Å². The van der Waals surface area contributed by atoms with Gasteiger partial charge in [0.1, 0.15) is 5.82 Å². The van der Waals surface area contributed by atoms with Crippen molar-refractivity contribution in [3.8, 4) is 0 Å². The summed E-state index contributed by atoms with van der Waals surface area (Å²) in [6, 6.07) is 5.17. The normalized spacial score (nSPS) is 15.3. The standard InChI is InChI=1S/C12H14FN/c1-12(2,14)10-7-6-9-8(10)4-3-5-11(9)13/h3-5,7H,6,14H2,1-2H3. The Bertz CT molecular complexity index is 399. The van der Waals surface area contributed by atoms with E-state index in [0.717, 1.165) is 16.7 Å². The third kappa shape index (κ3) is 1.36. The Labute approximate surface area is 83.4 Å². The smallest absolute Gasteiger partial charge is 0.127 e. The van der Waals surface area contributed by atoms with Crippen molar-refractivity contribution in [3.05, 3.63) is 41.2 Å². The molecular weight excluding hydrogens is 177 g/mol. The molecule has 0 fully saturated rings. The molecule has 0 bridgehead atoms. The predicted molar refractivity (Wildman–Crippen MR) is 56.3 cm³/mol. The topological polar surface area (TPSA) is 26.0 Å². The Morgan fingerprint density at radius 2 is 2.07 bits per heavy atom. The predicted octanol–water partition coefficient (Wildman–Crippen LogP) is 2.50. The van der Waals surface area contributed by atoms with E-state index in [9.17, 15) is 4.39 Å². The molecule has 1 aromatic carbocycles. The van der Waals surface area contributed by atoms with Gasteiger partial charge in [-0.05, 0) is 43.0 Å². The Morgan fingerprint density at radius 3 is 2.71 bits per heavy atom. The minimum Gasteiger partial charge on any atom is -0.322 e. The van der Waals surface area contributed by atoms with E-state index in [1.165, 1.54) is 6.07 Å². The van der Waals surface area contributed by atoms with Crippen LogP contribution in [0, 0.1) is 5.82 Å². The average Bonchev–Trinajstić information content (AvgIpc) is 2.47. The van der Waals surface area contributed by atoms with Crippen LogP contribution in [0.25, 0.3) is 5.57 Å². The summed E-state index contributed by atoms with van der Waals surface area (Å²) in [6.45, 7) is 3.89. The first-order valence-corrected chi connectivity index (χ1v) is 4.77. The van der Waals surface area contributed by atoms with Gasteiger partial charge in [0.25, 0.3) is 0 Å². The molecule has 2 N–H and O–H groups in total. The monoisotopic (exact) mass is 191 g/mol. The molecule has 0 saturated carbocycles. The number of hydrogen-bond donors (Lipinski definition) is 1. The second-order valence-corrected chi connectivity index (χ2v) is 4.31. The van der Waals surface area contributed by atoms with E-state index in [-0.39, 0.29) is 11.4 Å². The van der Waals surface area contributed by atoms with Crippen LogP contribution in [-0.2, 0) is 6.42 Å². The van der Waals surface area contributed by atoms with Crippen LogP contribution in [0.3, 0.4) is 0 Å². The number of hydrogen-bond acceptors (Lipinski definition) is 1. The quantitative estimate of drug-likeness (QED) is 0.725. The van der Waals surface area contributed by atoms with Crippen LogP contribution in [0.5, 0.6) is 0 Å². The minimum atomic E-state index is -0.390. The zero-order valence-electron chi connectivity index (χ0n) is 8.47. The average molecular weight is 191 g/mol. The molecule has 0 atom stereocenters. The van der Waals surface area contributed by atoms with E-state index in [2.05, 4.69) is 0 Å². The minimum absolute atomic E-state index is 0.127. The largest absolute Gasteiger partial charge is 0.322 e. The third-order valence-electron chi connectivity index (χ3n) is 2.61. The van der Waals surface area contributed by atoms with Crippen molar-refractivity contribution in [2.45, 2.75) is 25.8 Å². The van der Waals surface area contributed by atoms with Crippen molar-refractivity contribution in [3.63, 3.8) is 0 Å². The zero-order chi connectivity index (χ0) is 10.3. The highest BCUT2D eigenvalue weighted by Crippen LogP contribution is 2.34. The van der Waals surface area contributed by atoms with Gasteiger partial charge in [-0.3, -0.25) is 0 Å². The van der Waals surface area contributed by atoms with E-state index >= 15 is 0 Å². The van der Waals surface area contributed by atoms with Crippen LogP contribution in [0.2, 0.25) is 0 Å². The lowest BCUT2D eigenvalue weighted by atomic mass is 9.91. The summed E-state index contributed by atoms with van der Waals surface area (Å²) in [7, 11) is 0. The van der Waals surface area contributed by atoms with Gasteiger partial charge in [0.15, 0.2) is 0 Å². The number of benzene rings is 1. The molecule has 1 aromatic rings. The maximum atomic E-state index is 13.4. The summed E-state index contributed by atoms with van der Waals surface area (Å²) in [6.07, 6.45) is 2.69. The van der Waals surface area contributed by atoms with Gasteiger partial charge in [-0.2, -0.15) is 0 Å². The van der Waals surface area contributed by atoms with Crippen molar-refractivity contribution in [2.75, 3.05) is 0 Å². The van der Waals surface area contributed by atoms with E-state index < -0.39 is 0 Å². The van der Waals surface area contributed by atoms with Crippen LogP contribution >= 0.6 is 0 Å². The van der Waals surface area contributed by atoms with Gasteiger partial charge >= 0.3 is 0 Å². The summed E-state index contributed by atoms with van der Waals surface area (Å²) in [4.78, 5) is 0. The van der Waals surface area contributed by atoms with Gasteiger partial charge in [-0.25, -0.2) is 4.39 Å². The Balaban J connectivity index is 2.53. The summed E-state index contributed by atoms with van der Waals surface area (Å²) in [5.41, 5.74) is 8.42. The van der Waals surface area contributed by atoms with Crippen molar-refractivity contribution in [1.82, 2.24) is 0 Å². The molecule has 0 aliphatic heterocycles. The molecule has 2 heteroatoms. The number of allylic oxidation sites excluding steroid dienone is 1. The zero-order valence-corrected chi connectivity index (χ0v) is 8.47. The van der Waals surface area contributed by atoms with Crippen LogP contribution in [0.15, 0.2) is 24.3 Å². The lowest BCUT2D eigenvalue weighted by Gasteiger charge is -2.21. The molecule has 0 aromatic heterocycles. The Hall–Kier alpha value is -1.15. The summed E-state index contributed by atoms with van der Waals surface area (Å²) < 4.78 is 13.4. The van der Waals surface area contributed by atoms with Crippen molar-refractivity contribution in [1.29, 1.82) is 0 Å². The fourth-order valence-electron chi connectivity index (χ4n) is 1.94. The van der Waals surface area contributed by atoms with Gasteiger partial charge in [0, 0.05) is 5.54 Å². The van der Waals surface area contributed by atoms with Gasteiger partial charge in [0.2, 0.25) is 0 Å². The number of nitrogens with two attached hydrogens (primary N) is 1. The molecule has 0 radical (unpaired) electrons. The second kappa shape index (κ2) is 2.92. The number of rotatable bonds is 1. The van der Waals surface area contributed by atoms with E-state index in [1.54, 1.807) is 6.07 Å². The molecule has 0 spiro atoms. The van der Waals surface area contributed by atoms with E-state index in [1.807, 2.05) is 26.0 Å². The summed E-state index contributed by atoms with van der Waals surface area (Å²) in [5, 5.41) is 0. The number of halogens is 1. The molecule has 0 saturated heterocycles. The fraction of sp³-hybridized carbons (Fsp3) is 0.333. The molecule has 74 valence electrons.